The van der Waals surface area contributed by atoms with Crippen LogP contribution in [0.3, 0.4) is 0 Å². The van der Waals surface area contributed by atoms with Crippen LogP contribution in [0, 0.1) is 23.3 Å². The van der Waals surface area contributed by atoms with Gasteiger partial charge in [0.05, 0.1) is 13.2 Å². The number of rotatable bonds is 14. The van der Waals surface area contributed by atoms with Crippen molar-refractivity contribution in [2.24, 2.45) is 0 Å². The van der Waals surface area contributed by atoms with Gasteiger partial charge in [0.15, 0.2) is 0 Å². The second kappa shape index (κ2) is 14.1. The van der Waals surface area contributed by atoms with Gasteiger partial charge in [0.1, 0.15) is 34.8 Å². The fraction of sp³-hybridized carbons (Fsp3) is 0.273. The van der Waals surface area contributed by atoms with Gasteiger partial charge in [-0.1, -0.05) is 24.3 Å². The van der Waals surface area contributed by atoms with E-state index in [0.717, 1.165) is 0 Å². The molecule has 0 aliphatic rings. The van der Waals surface area contributed by atoms with Gasteiger partial charge in [-0.05, 0) is 85.3 Å². The fourth-order valence-corrected chi connectivity index (χ4v) is 4.37. The number of alkyl halides is 2. The van der Waals surface area contributed by atoms with Gasteiger partial charge < -0.3 is 9.47 Å². The molecule has 0 aromatic heterocycles. The molecule has 0 fully saturated rings. The van der Waals surface area contributed by atoms with E-state index >= 15 is 0 Å². The summed E-state index contributed by atoms with van der Waals surface area (Å²) in [6.07, 6.45) is 0.702. The lowest BCUT2D eigenvalue weighted by Gasteiger charge is -2.16. The fourth-order valence-electron chi connectivity index (χ4n) is 4.37. The minimum Gasteiger partial charge on any atom is -0.493 e. The van der Waals surface area contributed by atoms with Crippen LogP contribution in [0.5, 0.6) is 11.5 Å². The third-order valence-corrected chi connectivity index (χ3v) is 6.60. The Morgan fingerprint density at radius 1 is 0.488 bits per heavy atom. The highest BCUT2D eigenvalue weighted by Gasteiger charge is 2.27. The smallest absolute Gasteiger partial charge is 0.248 e. The predicted molar refractivity (Wildman–Crippen MR) is 147 cm³/mol. The van der Waals surface area contributed by atoms with Crippen molar-refractivity contribution in [3.05, 3.63) is 108 Å². The van der Waals surface area contributed by atoms with E-state index in [4.69, 9.17) is 9.47 Å². The largest absolute Gasteiger partial charge is 0.493 e. The van der Waals surface area contributed by atoms with Gasteiger partial charge in [0.25, 0.3) is 0 Å². The van der Waals surface area contributed by atoms with Crippen molar-refractivity contribution < 1.29 is 35.8 Å². The summed E-state index contributed by atoms with van der Waals surface area (Å²) in [7, 11) is 0. The van der Waals surface area contributed by atoms with E-state index < -0.39 is 29.2 Å². The summed E-state index contributed by atoms with van der Waals surface area (Å²) in [5, 5.41) is 0. The first-order valence-electron chi connectivity index (χ1n) is 13.4. The van der Waals surface area contributed by atoms with Crippen LogP contribution in [0.4, 0.5) is 26.3 Å². The molecule has 0 bridgehead atoms. The summed E-state index contributed by atoms with van der Waals surface area (Å²) < 4.78 is 94.6. The molecule has 4 aromatic rings. The quantitative estimate of drug-likeness (QED) is 0.111. The number of hydrogen-bond donors (Lipinski definition) is 0. The minimum atomic E-state index is -2.83. The van der Waals surface area contributed by atoms with E-state index in [2.05, 4.69) is 0 Å². The van der Waals surface area contributed by atoms with Crippen molar-refractivity contribution in [3.63, 3.8) is 0 Å². The zero-order valence-electron chi connectivity index (χ0n) is 22.3. The van der Waals surface area contributed by atoms with Crippen molar-refractivity contribution in [3.8, 4) is 33.8 Å². The van der Waals surface area contributed by atoms with Crippen LogP contribution in [-0.2, 0) is 0 Å². The van der Waals surface area contributed by atoms with Crippen LogP contribution in [0.25, 0.3) is 22.3 Å². The summed E-state index contributed by atoms with van der Waals surface area (Å²) in [6, 6.07) is 19.7. The van der Waals surface area contributed by atoms with Crippen molar-refractivity contribution in [2.75, 3.05) is 13.2 Å². The van der Waals surface area contributed by atoms with Gasteiger partial charge in [-0.15, -0.1) is 0 Å². The third kappa shape index (κ3) is 9.03. The molecule has 0 saturated heterocycles. The molecule has 0 heterocycles. The molecule has 0 atom stereocenters. The molecule has 4 aromatic carbocycles. The lowest BCUT2D eigenvalue weighted by atomic mass is 10.0. The van der Waals surface area contributed by atoms with Crippen LogP contribution < -0.4 is 9.47 Å². The topological polar surface area (TPSA) is 18.5 Å². The van der Waals surface area contributed by atoms with E-state index in [1.807, 2.05) is 0 Å². The second-order valence-corrected chi connectivity index (χ2v) is 9.76. The third-order valence-electron chi connectivity index (χ3n) is 6.60. The van der Waals surface area contributed by atoms with Crippen molar-refractivity contribution in [1.82, 2.24) is 0 Å². The van der Waals surface area contributed by atoms with E-state index in [0.29, 0.717) is 46.6 Å². The molecule has 4 rings (SSSR count). The average molecular weight is 573 g/mol. The maximum absolute atomic E-state index is 14.4. The SMILES string of the molecule is Fc1ccc(-c2ccc(OCCCCC(F)(F)CCCCOc3ccc(-c4ccc(F)cc4)c(F)c3)cc2F)cc1. The van der Waals surface area contributed by atoms with Gasteiger partial charge in [-0.2, -0.15) is 0 Å². The van der Waals surface area contributed by atoms with E-state index in [9.17, 15) is 26.3 Å². The number of hydrogen-bond acceptors (Lipinski definition) is 2. The molecule has 0 spiro atoms. The van der Waals surface area contributed by atoms with Crippen LogP contribution in [0.15, 0.2) is 84.9 Å². The Morgan fingerprint density at radius 2 is 0.878 bits per heavy atom. The van der Waals surface area contributed by atoms with Crippen molar-refractivity contribution in [1.29, 1.82) is 0 Å². The zero-order chi connectivity index (χ0) is 29.2. The van der Waals surface area contributed by atoms with E-state index in [1.165, 1.54) is 72.8 Å². The van der Waals surface area contributed by atoms with Gasteiger partial charge >= 0.3 is 0 Å². The van der Waals surface area contributed by atoms with E-state index in [1.54, 1.807) is 12.1 Å². The predicted octanol–water partition coefficient (Wildman–Crippen LogP) is 10.0. The molecule has 0 aliphatic carbocycles. The Hall–Kier alpha value is -3.94. The zero-order valence-corrected chi connectivity index (χ0v) is 22.3. The Kier molecular flexibility index (Phi) is 10.3. The molecule has 0 amide bonds. The lowest BCUT2D eigenvalue weighted by molar-refractivity contribution is -0.0215. The van der Waals surface area contributed by atoms with Crippen molar-refractivity contribution >= 4 is 0 Å². The maximum Gasteiger partial charge on any atom is 0.248 e. The first kappa shape index (κ1) is 30.0. The molecular formula is C33H30F6O2. The first-order valence-corrected chi connectivity index (χ1v) is 13.4. The standard InChI is InChI=1S/C33H30F6O2/c34-25-9-5-23(6-10-25)29-15-13-27(21-31(29)36)40-19-3-1-17-33(38,39)18-2-4-20-41-28-14-16-30(32(37)22-28)24-7-11-26(35)12-8-24/h5-16,21-22H,1-4,17-20H2. The first-order chi connectivity index (χ1) is 19.7. The highest BCUT2D eigenvalue weighted by Crippen LogP contribution is 2.30. The average Bonchev–Trinajstić information content (AvgIpc) is 2.94. The van der Waals surface area contributed by atoms with Crippen LogP contribution in [0.1, 0.15) is 38.5 Å². The lowest BCUT2D eigenvalue weighted by Crippen LogP contribution is -2.16. The van der Waals surface area contributed by atoms with Crippen LogP contribution >= 0.6 is 0 Å². The second-order valence-electron chi connectivity index (χ2n) is 9.76. The Balaban J connectivity index is 1.11. The van der Waals surface area contributed by atoms with Gasteiger partial charge in [0.2, 0.25) is 5.92 Å². The van der Waals surface area contributed by atoms with Gasteiger partial charge in [-0.25, -0.2) is 26.3 Å². The molecule has 0 saturated carbocycles. The Labute approximate surface area is 235 Å². The maximum atomic E-state index is 14.4. The molecular weight excluding hydrogens is 542 g/mol. The van der Waals surface area contributed by atoms with Crippen LogP contribution in [-0.4, -0.2) is 19.1 Å². The molecule has 0 N–H and O–H groups in total. The molecule has 0 radical (unpaired) electrons. The summed E-state index contributed by atoms with van der Waals surface area (Å²) in [6.45, 7) is 0.353. The molecule has 2 nitrogen and oxygen atoms in total. The molecule has 8 heteroatoms. The number of benzene rings is 4. The highest BCUT2D eigenvalue weighted by atomic mass is 19.3. The summed E-state index contributed by atoms with van der Waals surface area (Å²) in [5.74, 6) is -4.08. The summed E-state index contributed by atoms with van der Waals surface area (Å²) >= 11 is 0. The van der Waals surface area contributed by atoms with Gasteiger partial charge in [0, 0.05) is 36.1 Å². The molecule has 0 unspecified atom stereocenters. The molecule has 41 heavy (non-hydrogen) atoms. The summed E-state index contributed by atoms with van der Waals surface area (Å²) in [5.41, 5.74) is 1.70. The Bertz CT molecular complexity index is 1300. The molecule has 216 valence electrons. The summed E-state index contributed by atoms with van der Waals surface area (Å²) in [4.78, 5) is 0. The van der Waals surface area contributed by atoms with Crippen LogP contribution in [0.2, 0.25) is 0 Å². The highest BCUT2D eigenvalue weighted by molar-refractivity contribution is 5.65. The van der Waals surface area contributed by atoms with Crippen molar-refractivity contribution in [2.45, 2.75) is 44.4 Å². The Morgan fingerprint density at radius 3 is 1.24 bits per heavy atom. The number of halogens is 6. The monoisotopic (exact) mass is 572 g/mol. The normalized spacial score (nSPS) is 11.5. The number of ether oxygens (including phenoxy) is 2. The van der Waals surface area contributed by atoms with E-state index in [-0.39, 0.29) is 38.9 Å². The minimum absolute atomic E-state index is 0.176. The number of unbranched alkanes of at least 4 members (excludes halogenated alkanes) is 2. The van der Waals surface area contributed by atoms with Gasteiger partial charge in [-0.3, -0.25) is 0 Å². The molecule has 0 aliphatic heterocycles.